The third kappa shape index (κ3) is 5.14. The van der Waals surface area contributed by atoms with Gasteiger partial charge in [0.1, 0.15) is 18.2 Å². The van der Waals surface area contributed by atoms with Crippen molar-refractivity contribution in [1.29, 1.82) is 0 Å². The van der Waals surface area contributed by atoms with E-state index in [1.165, 1.54) is 0 Å². The Morgan fingerprint density at radius 2 is 1.92 bits per heavy atom. The van der Waals surface area contributed by atoms with Crippen LogP contribution in [0.25, 0.3) is 0 Å². The Balaban J connectivity index is 1.66. The van der Waals surface area contributed by atoms with Crippen LogP contribution in [0.15, 0.2) is 54.9 Å². The summed E-state index contributed by atoms with van der Waals surface area (Å²) >= 11 is 12.1. The molecule has 0 unspecified atom stereocenters. The van der Waals surface area contributed by atoms with Crippen molar-refractivity contribution in [3.8, 4) is 5.75 Å². The second-order valence-electron chi connectivity index (χ2n) is 5.72. The molecular weight excluding hydrogens is 373 g/mol. The monoisotopic (exact) mass is 391 g/mol. The molecule has 0 bridgehead atoms. The number of aromatic nitrogens is 2. The maximum atomic E-state index is 8.89. The molecule has 2 aromatic carbocycles. The summed E-state index contributed by atoms with van der Waals surface area (Å²) in [6, 6.07) is 13.1. The highest BCUT2D eigenvalue weighted by Gasteiger charge is 2.07. The Hall–Kier alpha value is -2.21. The van der Waals surface area contributed by atoms with Gasteiger partial charge < -0.3 is 19.7 Å². The standard InChI is InChI=1S/C19H19Cl2N3O2/c20-15-8-14(9-16(21)10-15)12-24-6-4-23-19(24)13-26-18-3-1-2-17(11-18)22-5-7-25/h1-4,6,8-11,22,25H,5,7,12-13H2. The number of aliphatic hydroxyl groups excluding tert-OH is 1. The molecule has 0 radical (unpaired) electrons. The van der Waals surface area contributed by atoms with Crippen LogP contribution in [0, 0.1) is 0 Å². The molecule has 26 heavy (non-hydrogen) atoms. The van der Waals surface area contributed by atoms with Gasteiger partial charge in [-0.25, -0.2) is 4.98 Å². The van der Waals surface area contributed by atoms with Crippen LogP contribution in [-0.4, -0.2) is 27.8 Å². The molecule has 3 rings (SSSR count). The average molecular weight is 392 g/mol. The highest BCUT2D eigenvalue weighted by atomic mass is 35.5. The number of nitrogens with one attached hydrogen (secondary N) is 1. The van der Waals surface area contributed by atoms with Gasteiger partial charge in [0.05, 0.1) is 6.61 Å². The summed E-state index contributed by atoms with van der Waals surface area (Å²) in [5.74, 6) is 1.53. The molecule has 0 amide bonds. The fourth-order valence-electron chi connectivity index (χ4n) is 2.57. The fraction of sp³-hybridized carbons (Fsp3) is 0.211. The van der Waals surface area contributed by atoms with Crippen molar-refractivity contribution in [2.24, 2.45) is 0 Å². The van der Waals surface area contributed by atoms with E-state index in [4.69, 9.17) is 33.0 Å². The van der Waals surface area contributed by atoms with Gasteiger partial charge >= 0.3 is 0 Å². The van der Waals surface area contributed by atoms with E-state index in [2.05, 4.69) is 10.3 Å². The van der Waals surface area contributed by atoms with E-state index in [0.717, 1.165) is 22.8 Å². The molecule has 7 heteroatoms. The summed E-state index contributed by atoms with van der Waals surface area (Å²) in [6.07, 6.45) is 3.64. The zero-order chi connectivity index (χ0) is 18.4. The van der Waals surface area contributed by atoms with Gasteiger partial charge in [0.2, 0.25) is 0 Å². The predicted octanol–water partition coefficient (Wildman–Crippen LogP) is 4.22. The number of benzene rings is 2. The van der Waals surface area contributed by atoms with Gasteiger partial charge in [0, 0.05) is 47.3 Å². The summed E-state index contributed by atoms with van der Waals surface area (Å²) in [5.41, 5.74) is 1.89. The highest BCUT2D eigenvalue weighted by molar-refractivity contribution is 6.34. The molecule has 136 valence electrons. The molecular formula is C19H19Cl2N3O2. The molecule has 3 aromatic rings. The summed E-state index contributed by atoms with van der Waals surface area (Å²) in [7, 11) is 0. The Bertz CT molecular complexity index is 847. The van der Waals surface area contributed by atoms with Crippen LogP contribution in [0.1, 0.15) is 11.4 Å². The van der Waals surface area contributed by atoms with Crippen LogP contribution in [0.4, 0.5) is 5.69 Å². The molecule has 0 saturated heterocycles. The topological polar surface area (TPSA) is 59.3 Å². The minimum absolute atomic E-state index is 0.0794. The fourth-order valence-corrected chi connectivity index (χ4v) is 3.14. The van der Waals surface area contributed by atoms with E-state index < -0.39 is 0 Å². The number of ether oxygens (including phenoxy) is 1. The second kappa shape index (κ2) is 8.94. The van der Waals surface area contributed by atoms with E-state index in [0.29, 0.717) is 29.7 Å². The molecule has 0 saturated carbocycles. The molecule has 0 aliphatic carbocycles. The lowest BCUT2D eigenvalue weighted by Gasteiger charge is -2.11. The summed E-state index contributed by atoms with van der Waals surface area (Å²) < 4.78 is 7.85. The Kier molecular flexibility index (Phi) is 6.39. The third-order valence-electron chi connectivity index (χ3n) is 3.72. The van der Waals surface area contributed by atoms with Gasteiger partial charge in [-0.3, -0.25) is 0 Å². The van der Waals surface area contributed by atoms with Gasteiger partial charge in [-0.2, -0.15) is 0 Å². The quantitative estimate of drug-likeness (QED) is 0.603. The first-order chi connectivity index (χ1) is 12.6. The third-order valence-corrected chi connectivity index (χ3v) is 4.16. The van der Waals surface area contributed by atoms with E-state index in [1.54, 1.807) is 12.3 Å². The number of nitrogens with zero attached hydrogens (tertiary/aromatic N) is 2. The number of aliphatic hydroxyl groups is 1. The molecule has 1 aromatic heterocycles. The van der Waals surface area contributed by atoms with E-state index in [1.807, 2.05) is 47.2 Å². The number of rotatable bonds is 8. The molecule has 5 nitrogen and oxygen atoms in total. The van der Waals surface area contributed by atoms with Crippen molar-refractivity contribution < 1.29 is 9.84 Å². The van der Waals surface area contributed by atoms with Crippen molar-refractivity contribution in [3.63, 3.8) is 0 Å². The normalized spacial score (nSPS) is 10.7. The van der Waals surface area contributed by atoms with Crippen LogP contribution >= 0.6 is 23.2 Å². The van der Waals surface area contributed by atoms with E-state index in [9.17, 15) is 0 Å². The summed E-state index contributed by atoms with van der Waals surface area (Å²) in [5, 5.41) is 13.2. The summed E-state index contributed by atoms with van der Waals surface area (Å²) in [4.78, 5) is 4.37. The van der Waals surface area contributed by atoms with Gasteiger partial charge in [0.15, 0.2) is 0 Å². The molecule has 0 aliphatic heterocycles. The minimum atomic E-state index is 0.0794. The van der Waals surface area contributed by atoms with Crippen molar-refractivity contribution >= 4 is 28.9 Å². The Morgan fingerprint density at radius 1 is 1.12 bits per heavy atom. The van der Waals surface area contributed by atoms with Crippen molar-refractivity contribution in [2.45, 2.75) is 13.2 Å². The molecule has 0 spiro atoms. The highest BCUT2D eigenvalue weighted by Crippen LogP contribution is 2.21. The van der Waals surface area contributed by atoms with Gasteiger partial charge in [-0.05, 0) is 35.9 Å². The predicted molar refractivity (Wildman–Crippen MR) is 104 cm³/mol. The van der Waals surface area contributed by atoms with Crippen LogP contribution in [0.5, 0.6) is 5.75 Å². The maximum Gasteiger partial charge on any atom is 0.147 e. The first kappa shape index (κ1) is 18.6. The van der Waals surface area contributed by atoms with Gasteiger partial charge in [0.25, 0.3) is 0 Å². The smallest absolute Gasteiger partial charge is 0.147 e. The molecule has 2 N–H and O–H groups in total. The zero-order valence-electron chi connectivity index (χ0n) is 14.0. The van der Waals surface area contributed by atoms with Crippen LogP contribution in [-0.2, 0) is 13.2 Å². The minimum Gasteiger partial charge on any atom is -0.486 e. The van der Waals surface area contributed by atoms with Gasteiger partial charge in [-0.1, -0.05) is 29.3 Å². The maximum absolute atomic E-state index is 8.89. The van der Waals surface area contributed by atoms with Crippen molar-refractivity contribution in [1.82, 2.24) is 9.55 Å². The van der Waals surface area contributed by atoms with E-state index >= 15 is 0 Å². The number of hydrogen-bond donors (Lipinski definition) is 2. The lowest BCUT2D eigenvalue weighted by Crippen LogP contribution is -2.08. The lowest BCUT2D eigenvalue weighted by molar-refractivity contribution is 0.290. The number of halogens is 2. The molecule has 0 aliphatic rings. The van der Waals surface area contributed by atoms with E-state index in [-0.39, 0.29) is 6.61 Å². The number of anilines is 1. The molecule has 0 fully saturated rings. The average Bonchev–Trinajstić information content (AvgIpc) is 3.04. The number of imidazole rings is 1. The van der Waals surface area contributed by atoms with Crippen molar-refractivity contribution in [2.75, 3.05) is 18.5 Å². The summed E-state index contributed by atoms with van der Waals surface area (Å²) in [6.45, 7) is 1.52. The Labute approximate surface area is 162 Å². The molecule has 1 heterocycles. The lowest BCUT2D eigenvalue weighted by atomic mass is 10.2. The van der Waals surface area contributed by atoms with Crippen LogP contribution in [0.2, 0.25) is 10.0 Å². The van der Waals surface area contributed by atoms with Crippen LogP contribution in [0.3, 0.4) is 0 Å². The van der Waals surface area contributed by atoms with Crippen LogP contribution < -0.4 is 10.1 Å². The second-order valence-corrected chi connectivity index (χ2v) is 6.59. The Morgan fingerprint density at radius 3 is 2.69 bits per heavy atom. The molecule has 0 atom stereocenters. The first-order valence-corrected chi connectivity index (χ1v) is 8.92. The largest absolute Gasteiger partial charge is 0.486 e. The number of hydrogen-bond acceptors (Lipinski definition) is 4. The first-order valence-electron chi connectivity index (χ1n) is 8.16. The zero-order valence-corrected chi connectivity index (χ0v) is 15.5. The SMILES string of the molecule is OCCNc1cccc(OCc2nccn2Cc2cc(Cl)cc(Cl)c2)c1. The van der Waals surface area contributed by atoms with Crippen molar-refractivity contribution in [3.05, 3.63) is 76.3 Å². The van der Waals surface area contributed by atoms with Gasteiger partial charge in [-0.15, -0.1) is 0 Å².